The van der Waals surface area contributed by atoms with Gasteiger partial charge in [-0.3, -0.25) is 4.79 Å². The molecule has 1 amide bonds. The number of nitrogens with zero attached hydrogens (tertiary/aromatic N) is 1. The van der Waals surface area contributed by atoms with Crippen molar-refractivity contribution in [2.45, 2.75) is 6.42 Å². The Bertz CT molecular complexity index is 710. The highest BCUT2D eigenvalue weighted by atomic mass is 16.5. The topological polar surface area (TPSA) is 88.5 Å². The number of carbonyl (C=O) groups is 2. The first kappa shape index (κ1) is 13.1. The van der Waals surface area contributed by atoms with Gasteiger partial charge < -0.3 is 15.2 Å². The van der Waals surface area contributed by atoms with Crippen molar-refractivity contribution in [3.05, 3.63) is 53.2 Å². The van der Waals surface area contributed by atoms with Gasteiger partial charge in [-0.15, -0.1) is 0 Å². The van der Waals surface area contributed by atoms with Crippen LogP contribution in [-0.2, 0) is 6.42 Å². The van der Waals surface area contributed by atoms with Crippen LogP contribution in [-0.4, -0.2) is 28.6 Å². The molecule has 0 aliphatic carbocycles. The highest BCUT2D eigenvalue weighted by molar-refractivity contribution is 6.04. The average Bonchev–Trinajstić information content (AvgIpc) is 2.95. The lowest BCUT2D eigenvalue weighted by Gasteiger charge is -2.06. The molecule has 0 unspecified atom stereocenters. The minimum absolute atomic E-state index is 0.0719. The van der Waals surface area contributed by atoms with Gasteiger partial charge in [-0.05, 0) is 35.9 Å². The second-order valence-electron chi connectivity index (χ2n) is 4.61. The van der Waals surface area contributed by atoms with Crippen LogP contribution in [0, 0.1) is 0 Å². The normalized spacial score (nSPS) is 12.4. The average molecular weight is 284 g/mol. The highest BCUT2D eigenvalue weighted by Gasteiger charge is 2.15. The first-order valence-corrected chi connectivity index (χ1v) is 6.40. The molecule has 1 aliphatic rings. The molecule has 106 valence electrons. The molecule has 0 saturated carbocycles. The summed E-state index contributed by atoms with van der Waals surface area (Å²) < 4.78 is 5.39. The van der Waals surface area contributed by atoms with Gasteiger partial charge in [0.25, 0.3) is 5.91 Å². The second-order valence-corrected chi connectivity index (χ2v) is 4.61. The molecule has 0 atom stereocenters. The summed E-state index contributed by atoms with van der Waals surface area (Å²) in [5, 5.41) is 11.4. The van der Waals surface area contributed by atoms with E-state index in [2.05, 4.69) is 10.3 Å². The Morgan fingerprint density at radius 1 is 1.19 bits per heavy atom. The standard InChI is InChI=1S/C15H12N2O4/c18-14(10-1-3-12-9(7-10)5-6-21-12)17-13-4-2-11(8-16-13)15(19)20/h1-4,7-8H,5-6H2,(H,19,20)(H,16,17,18). The van der Waals surface area contributed by atoms with Crippen molar-refractivity contribution in [2.75, 3.05) is 11.9 Å². The van der Waals surface area contributed by atoms with E-state index in [1.54, 1.807) is 18.2 Å². The zero-order chi connectivity index (χ0) is 14.8. The number of ether oxygens (including phenoxy) is 1. The number of rotatable bonds is 3. The van der Waals surface area contributed by atoms with Gasteiger partial charge in [0.1, 0.15) is 11.6 Å². The maximum absolute atomic E-state index is 12.1. The monoisotopic (exact) mass is 284 g/mol. The van der Waals surface area contributed by atoms with E-state index in [1.165, 1.54) is 18.3 Å². The van der Waals surface area contributed by atoms with Gasteiger partial charge in [0.15, 0.2) is 0 Å². The Hall–Kier alpha value is -2.89. The van der Waals surface area contributed by atoms with Crippen LogP contribution in [0.25, 0.3) is 0 Å². The van der Waals surface area contributed by atoms with Crippen LogP contribution in [0.5, 0.6) is 5.75 Å². The number of fused-ring (bicyclic) bond motifs is 1. The fourth-order valence-electron chi connectivity index (χ4n) is 2.11. The Balaban J connectivity index is 1.75. The number of aromatic carboxylic acids is 1. The number of hydrogen-bond acceptors (Lipinski definition) is 4. The summed E-state index contributed by atoms with van der Waals surface area (Å²) in [7, 11) is 0. The molecule has 0 radical (unpaired) electrons. The van der Waals surface area contributed by atoms with Crippen LogP contribution in [0.3, 0.4) is 0 Å². The zero-order valence-electron chi connectivity index (χ0n) is 11.0. The van der Waals surface area contributed by atoms with Crippen molar-refractivity contribution in [2.24, 2.45) is 0 Å². The Labute approximate surface area is 120 Å². The minimum atomic E-state index is -1.06. The Morgan fingerprint density at radius 3 is 2.71 bits per heavy atom. The van der Waals surface area contributed by atoms with Crippen LogP contribution in [0.1, 0.15) is 26.3 Å². The number of nitrogens with one attached hydrogen (secondary N) is 1. The molecular weight excluding hydrogens is 272 g/mol. The number of amides is 1. The van der Waals surface area contributed by atoms with Crippen LogP contribution in [0.15, 0.2) is 36.5 Å². The second kappa shape index (κ2) is 5.24. The lowest BCUT2D eigenvalue weighted by molar-refractivity contribution is 0.0696. The molecule has 0 fully saturated rings. The van der Waals surface area contributed by atoms with Crippen LogP contribution < -0.4 is 10.1 Å². The van der Waals surface area contributed by atoms with E-state index in [1.807, 2.05) is 0 Å². The quantitative estimate of drug-likeness (QED) is 0.899. The number of carbonyl (C=O) groups excluding carboxylic acids is 1. The number of aromatic nitrogens is 1. The van der Waals surface area contributed by atoms with E-state index in [0.29, 0.717) is 18.0 Å². The molecule has 6 heteroatoms. The highest BCUT2D eigenvalue weighted by Crippen LogP contribution is 2.26. The maximum Gasteiger partial charge on any atom is 0.337 e. The van der Waals surface area contributed by atoms with Crippen molar-refractivity contribution in [3.63, 3.8) is 0 Å². The molecule has 1 aromatic carbocycles. The predicted molar refractivity (Wildman–Crippen MR) is 74.8 cm³/mol. The predicted octanol–water partition coefficient (Wildman–Crippen LogP) is 1.97. The third-order valence-corrected chi connectivity index (χ3v) is 3.20. The van der Waals surface area contributed by atoms with Gasteiger partial charge in [-0.1, -0.05) is 0 Å². The smallest absolute Gasteiger partial charge is 0.337 e. The van der Waals surface area contributed by atoms with Gasteiger partial charge in [-0.2, -0.15) is 0 Å². The molecule has 0 bridgehead atoms. The van der Waals surface area contributed by atoms with E-state index in [4.69, 9.17) is 9.84 Å². The lowest BCUT2D eigenvalue weighted by Crippen LogP contribution is -2.13. The minimum Gasteiger partial charge on any atom is -0.493 e. The van der Waals surface area contributed by atoms with Crippen LogP contribution in [0.2, 0.25) is 0 Å². The van der Waals surface area contributed by atoms with Crippen LogP contribution in [0.4, 0.5) is 5.82 Å². The molecule has 2 aromatic rings. The fourth-order valence-corrected chi connectivity index (χ4v) is 2.11. The summed E-state index contributed by atoms with van der Waals surface area (Å²) in [6, 6.07) is 8.10. The van der Waals surface area contributed by atoms with Crippen molar-refractivity contribution in [3.8, 4) is 5.75 Å². The van der Waals surface area contributed by atoms with E-state index < -0.39 is 5.97 Å². The Kier molecular flexibility index (Phi) is 3.27. The number of carboxylic acid groups (broad SMARTS) is 1. The largest absolute Gasteiger partial charge is 0.493 e. The molecule has 0 saturated heterocycles. The van der Waals surface area contributed by atoms with E-state index in [0.717, 1.165) is 17.7 Å². The first-order chi connectivity index (χ1) is 10.1. The van der Waals surface area contributed by atoms with E-state index >= 15 is 0 Å². The molecule has 21 heavy (non-hydrogen) atoms. The number of carboxylic acids is 1. The van der Waals surface area contributed by atoms with Gasteiger partial charge in [0, 0.05) is 18.2 Å². The van der Waals surface area contributed by atoms with Crippen LogP contribution >= 0.6 is 0 Å². The van der Waals surface area contributed by atoms with Crippen molar-refractivity contribution in [1.82, 2.24) is 4.98 Å². The maximum atomic E-state index is 12.1. The molecule has 1 aromatic heterocycles. The number of pyridine rings is 1. The molecule has 0 spiro atoms. The van der Waals surface area contributed by atoms with Crippen molar-refractivity contribution in [1.29, 1.82) is 0 Å². The summed E-state index contributed by atoms with van der Waals surface area (Å²) >= 11 is 0. The molecule has 1 aliphatic heterocycles. The molecule has 6 nitrogen and oxygen atoms in total. The molecule has 2 N–H and O–H groups in total. The number of anilines is 1. The van der Waals surface area contributed by atoms with Crippen molar-refractivity contribution < 1.29 is 19.4 Å². The first-order valence-electron chi connectivity index (χ1n) is 6.40. The van der Waals surface area contributed by atoms with Gasteiger partial charge >= 0.3 is 5.97 Å². The third kappa shape index (κ3) is 2.69. The summed E-state index contributed by atoms with van der Waals surface area (Å²) in [6.07, 6.45) is 2.00. The Morgan fingerprint density at radius 2 is 2.00 bits per heavy atom. The zero-order valence-corrected chi connectivity index (χ0v) is 11.0. The van der Waals surface area contributed by atoms with E-state index in [9.17, 15) is 9.59 Å². The SMILES string of the molecule is O=C(O)c1ccc(NC(=O)c2ccc3c(c2)CCO3)nc1. The fraction of sp³-hybridized carbons (Fsp3) is 0.133. The molecule has 2 heterocycles. The van der Waals surface area contributed by atoms with Gasteiger partial charge in [-0.25, -0.2) is 9.78 Å². The van der Waals surface area contributed by atoms with Gasteiger partial charge in [0.05, 0.1) is 12.2 Å². The van der Waals surface area contributed by atoms with Gasteiger partial charge in [0.2, 0.25) is 0 Å². The number of hydrogen-bond donors (Lipinski definition) is 2. The summed E-state index contributed by atoms with van der Waals surface area (Å²) in [6.45, 7) is 0.638. The molecular formula is C15H12N2O4. The van der Waals surface area contributed by atoms with E-state index in [-0.39, 0.29) is 11.5 Å². The summed E-state index contributed by atoms with van der Waals surface area (Å²) in [5.74, 6) is -0.225. The molecule has 3 rings (SSSR count). The lowest BCUT2D eigenvalue weighted by atomic mass is 10.1. The summed E-state index contributed by atoms with van der Waals surface area (Å²) in [5.41, 5.74) is 1.60. The third-order valence-electron chi connectivity index (χ3n) is 3.20. The summed E-state index contributed by atoms with van der Waals surface area (Å²) in [4.78, 5) is 26.8. The number of benzene rings is 1. The van der Waals surface area contributed by atoms with Crippen molar-refractivity contribution >= 4 is 17.7 Å².